The molecule has 1 heterocycles. The first-order valence-electron chi connectivity index (χ1n) is 4.12. The molecule has 1 saturated heterocycles. The van der Waals surface area contributed by atoms with Crippen LogP contribution in [0.25, 0.3) is 0 Å². The summed E-state index contributed by atoms with van der Waals surface area (Å²) in [6.07, 6.45) is 4.14. The minimum absolute atomic E-state index is 0.731. The fraction of sp³-hybridized carbons (Fsp3) is 1.00. The van der Waals surface area contributed by atoms with Gasteiger partial charge in [0.15, 0.2) is 0 Å². The van der Waals surface area contributed by atoms with Crippen LogP contribution in [0.5, 0.6) is 0 Å². The van der Waals surface area contributed by atoms with E-state index in [2.05, 4.69) is 0 Å². The highest BCUT2D eigenvalue weighted by Gasteiger charge is 2.46. The van der Waals surface area contributed by atoms with Crippen LogP contribution in [0.3, 0.4) is 0 Å². The Balaban J connectivity index is 0.000000143. The van der Waals surface area contributed by atoms with E-state index in [9.17, 15) is 0 Å². The second kappa shape index (κ2) is 4.80. The van der Waals surface area contributed by atoms with Gasteiger partial charge in [0.2, 0.25) is 0 Å². The summed E-state index contributed by atoms with van der Waals surface area (Å²) in [4.78, 5) is 0. The van der Waals surface area contributed by atoms with Gasteiger partial charge in [-0.15, -0.1) is 0 Å². The second-order valence-electron chi connectivity index (χ2n) is 1.79. The minimum atomic E-state index is 0.731. The van der Waals surface area contributed by atoms with Crippen LogP contribution in [-0.4, -0.2) is 12.2 Å². The quantitative estimate of drug-likeness (QED) is 0.459. The van der Waals surface area contributed by atoms with Gasteiger partial charge < -0.3 is 4.74 Å². The van der Waals surface area contributed by atoms with Crippen LogP contribution in [0.4, 0.5) is 0 Å². The van der Waals surface area contributed by atoms with E-state index >= 15 is 0 Å². The number of rotatable bonds is 0. The molecule has 0 spiro atoms. The third-order valence-electron chi connectivity index (χ3n) is 1.42. The maximum absolute atomic E-state index is 5.03. The molecular formula is C8H18O. The zero-order valence-electron chi connectivity index (χ0n) is 6.98. The Hall–Kier alpha value is -0.0400. The molecule has 1 aliphatic heterocycles. The molecule has 0 amide bonds. The molecule has 0 N–H and O–H groups in total. The van der Waals surface area contributed by atoms with Crippen LogP contribution in [0, 0.1) is 0 Å². The lowest BCUT2D eigenvalue weighted by Gasteiger charge is -1.97. The van der Waals surface area contributed by atoms with Gasteiger partial charge in [-0.05, 0) is 12.8 Å². The minimum Gasteiger partial charge on any atom is -0.370 e. The van der Waals surface area contributed by atoms with Crippen LogP contribution in [0.2, 0.25) is 0 Å². The Morgan fingerprint density at radius 1 is 0.889 bits per heavy atom. The topological polar surface area (TPSA) is 12.5 Å². The Kier molecular flexibility index (Phi) is 4.78. The Morgan fingerprint density at radius 2 is 1.22 bits per heavy atom. The first kappa shape index (κ1) is 8.96. The van der Waals surface area contributed by atoms with Crippen molar-refractivity contribution in [1.82, 2.24) is 0 Å². The number of hydrogen-bond donors (Lipinski definition) is 0. The van der Waals surface area contributed by atoms with Gasteiger partial charge in [0.05, 0.1) is 12.2 Å². The summed E-state index contributed by atoms with van der Waals surface area (Å²) in [5.41, 5.74) is 0. The van der Waals surface area contributed by atoms with Crippen molar-refractivity contribution in [3.05, 3.63) is 0 Å². The summed E-state index contributed by atoms with van der Waals surface area (Å²) in [7, 11) is 0. The standard InChI is InChI=1S/C4H6O.2C2H6/c1-2-4-3(1)5-4;2*1-2/h3-4H,1-2H2;2*1-2H3. The zero-order chi connectivity index (χ0) is 7.28. The average molecular weight is 130 g/mol. The molecule has 0 aromatic heterocycles. The van der Waals surface area contributed by atoms with Gasteiger partial charge >= 0.3 is 0 Å². The third kappa shape index (κ3) is 2.35. The average Bonchev–Trinajstić information content (AvgIpc) is 2.49. The predicted octanol–water partition coefficient (Wildman–Crippen LogP) is 2.60. The molecule has 2 fully saturated rings. The highest BCUT2D eigenvalue weighted by molar-refractivity contribution is 4.94. The van der Waals surface area contributed by atoms with Gasteiger partial charge in [-0.1, -0.05) is 27.7 Å². The van der Waals surface area contributed by atoms with E-state index in [0.29, 0.717) is 0 Å². The van der Waals surface area contributed by atoms with Crippen molar-refractivity contribution in [3.63, 3.8) is 0 Å². The molecule has 0 radical (unpaired) electrons. The van der Waals surface area contributed by atoms with Crippen LogP contribution in [0.15, 0.2) is 0 Å². The normalized spacial score (nSPS) is 33.3. The monoisotopic (exact) mass is 130 g/mol. The molecule has 2 aliphatic rings. The molecule has 0 aromatic rings. The molecule has 1 heteroatoms. The van der Waals surface area contributed by atoms with E-state index < -0.39 is 0 Å². The van der Waals surface area contributed by atoms with Crippen LogP contribution in [0.1, 0.15) is 40.5 Å². The summed E-state index contributed by atoms with van der Waals surface area (Å²) < 4.78 is 5.03. The van der Waals surface area contributed by atoms with Crippen molar-refractivity contribution in [2.75, 3.05) is 0 Å². The summed E-state index contributed by atoms with van der Waals surface area (Å²) in [5.74, 6) is 0. The summed E-state index contributed by atoms with van der Waals surface area (Å²) in [6, 6.07) is 0. The molecule has 0 bridgehead atoms. The highest BCUT2D eigenvalue weighted by Crippen LogP contribution is 2.40. The Bertz CT molecular complexity index is 49.6. The van der Waals surface area contributed by atoms with Crippen molar-refractivity contribution in [3.8, 4) is 0 Å². The van der Waals surface area contributed by atoms with Crippen molar-refractivity contribution in [2.45, 2.75) is 52.7 Å². The molecule has 1 aliphatic carbocycles. The smallest absolute Gasteiger partial charge is 0.0842 e. The van der Waals surface area contributed by atoms with Crippen molar-refractivity contribution in [1.29, 1.82) is 0 Å². The van der Waals surface area contributed by atoms with Gasteiger partial charge in [0, 0.05) is 0 Å². The largest absolute Gasteiger partial charge is 0.370 e. The number of ether oxygens (including phenoxy) is 1. The lowest BCUT2D eigenvalue weighted by Crippen LogP contribution is -2.04. The Labute approximate surface area is 58.4 Å². The first-order valence-corrected chi connectivity index (χ1v) is 4.12. The van der Waals surface area contributed by atoms with Gasteiger partial charge in [-0.3, -0.25) is 0 Å². The molecule has 2 atom stereocenters. The van der Waals surface area contributed by atoms with E-state index in [4.69, 9.17) is 4.74 Å². The highest BCUT2D eigenvalue weighted by atomic mass is 16.6. The van der Waals surface area contributed by atoms with Crippen LogP contribution < -0.4 is 0 Å². The molecule has 56 valence electrons. The maximum Gasteiger partial charge on any atom is 0.0842 e. The number of hydrogen-bond acceptors (Lipinski definition) is 1. The molecular weight excluding hydrogens is 112 g/mol. The van der Waals surface area contributed by atoms with Crippen molar-refractivity contribution in [2.24, 2.45) is 0 Å². The van der Waals surface area contributed by atoms with Gasteiger partial charge in [0.1, 0.15) is 0 Å². The molecule has 0 aromatic carbocycles. The van der Waals surface area contributed by atoms with E-state index in [-0.39, 0.29) is 0 Å². The van der Waals surface area contributed by atoms with Crippen molar-refractivity contribution < 1.29 is 4.74 Å². The number of fused-ring (bicyclic) bond motifs is 1. The lowest BCUT2D eigenvalue weighted by molar-refractivity contribution is 0.417. The third-order valence-corrected chi connectivity index (χ3v) is 1.42. The van der Waals surface area contributed by atoms with Gasteiger partial charge in [-0.25, -0.2) is 0 Å². The SMILES string of the molecule is C1CC2OC12.CC.CC. The van der Waals surface area contributed by atoms with Crippen molar-refractivity contribution >= 4 is 0 Å². The number of epoxide rings is 1. The van der Waals surface area contributed by atoms with Gasteiger partial charge in [0.25, 0.3) is 0 Å². The zero-order valence-corrected chi connectivity index (χ0v) is 6.98. The first-order chi connectivity index (χ1) is 4.47. The second-order valence-corrected chi connectivity index (χ2v) is 1.79. The molecule has 1 nitrogen and oxygen atoms in total. The molecule has 2 unspecified atom stereocenters. The van der Waals surface area contributed by atoms with Crippen LogP contribution >= 0.6 is 0 Å². The lowest BCUT2D eigenvalue weighted by atomic mass is 10.0. The predicted molar refractivity (Wildman–Crippen MR) is 40.6 cm³/mol. The molecule has 9 heavy (non-hydrogen) atoms. The van der Waals surface area contributed by atoms with Gasteiger partial charge in [-0.2, -0.15) is 0 Å². The summed E-state index contributed by atoms with van der Waals surface area (Å²) >= 11 is 0. The van der Waals surface area contributed by atoms with E-state index in [1.165, 1.54) is 12.8 Å². The fourth-order valence-corrected chi connectivity index (χ4v) is 0.754. The van der Waals surface area contributed by atoms with E-state index in [1.54, 1.807) is 0 Å². The van der Waals surface area contributed by atoms with E-state index in [0.717, 1.165) is 12.2 Å². The molecule has 2 rings (SSSR count). The summed E-state index contributed by atoms with van der Waals surface area (Å²) in [5, 5.41) is 0. The maximum atomic E-state index is 5.03. The summed E-state index contributed by atoms with van der Waals surface area (Å²) in [6.45, 7) is 8.00. The van der Waals surface area contributed by atoms with Crippen LogP contribution in [-0.2, 0) is 4.74 Å². The Morgan fingerprint density at radius 3 is 1.22 bits per heavy atom. The fourth-order valence-electron chi connectivity index (χ4n) is 0.754. The van der Waals surface area contributed by atoms with E-state index in [1.807, 2.05) is 27.7 Å². The molecule has 1 saturated carbocycles.